The number of nitrogens with zero attached hydrogens (tertiary/aromatic N) is 2. The molecule has 118 valence electrons. The van der Waals surface area contributed by atoms with E-state index in [1.54, 1.807) is 0 Å². The van der Waals surface area contributed by atoms with E-state index in [-0.39, 0.29) is 24.5 Å². The van der Waals surface area contributed by atoms with Crippen molar-refractivity contribution in [1.29, 1.82) is 0 Å². The summed E-state index contributed by atoms with van der Waals surface area (Å²) in [6, 6.07) is 1.74. The first-order valence-corrected chi connectivity index (χ1v) is 6.55. The van der Waals surface area contributed by atoms with Gasteiger partial charge in [-0.05, 0) is 18.6 Å². The van der Waals surface area contributed by atoms with Crippen molar-refractivity contribution >= 4 is 11.7 Å². The zero-order valence-corrected chi connectivity index (χ0v) is 11.7. The SMILES string of the molecule is CCCCN(CCO)c1nc(C(F)(F)F)ccc1C(N)=O. The lowest BCUT2D eigenvalue weighted by Gasteiger charge is -2.25. The molecule has 0 aliphatic rings. The second kappa shape index (κ2) is 7.26. The summed E-state index contributed by atoms with van der Waals surface area (Å²) >= 11 is 0. The summed E-state index contributed by atoms with van der Waals surface area (Å²) in [5.74, 6) is -0.995. The lowest BCUT2D eigenvalue weighted by molar-refractivity contribution is -0.141. The first-order valence-electron chi connectivity index (χ1n) is 6.55. The fraction of sp³-hybridized carbons (Fsp3) is 0.538. The fourth-order valence-electron chi connectivity index (χ4n) is 1.83. The van der Waals surface area contributed by atoms with Gasteiger partial charge in [-0.1, -0.05) is 13.3 Å². The number of aromatic nitrogens is 1. The third-order valence-corrected chi connectivity index (χ3v) is 2.88. The Kier molecular flexibility index (Phi) is 5.95. The van der Waals surface area contributed by atoms with Gasteiger partial charge in [0.1, 0.15) is 11.5 Å². The van der Waals surface area contributed by atoms with Crippen LogP contribution in [0.25, 0.3) is 0 Å². The molecule has 0 saturated carbocycles. The van der Waals surface area contributed by atoms with E-state index in [2.05, 4.69) is 4.98 Å². The topological polar surface area (TPSA) is 79.4 Å². The molecule has 1 rings (SSSR count). The van der Waals surface area contributed by atoms with Crippen LogP contribution in [0.4, 0.5) is 19.0 Å². The zero-order chi connectivity index (χ0) is 16.0. The van der Waals surface area contributed by atoms with Crippen molar-refractivity contribution < 1.29 is 23.1 Å². The number of rotatable bonds is 7. The number of halogens is 3. The number of hydrogen-bond donors (Lipinski definition) is 2. The van der Waals surface area contributed by atoms with Gasteiger partial charge in [0.15, 0.2) is 0 Å². The standard InChI is InChI=1S/C13H18F3N3O2/c1-2-3-6-19(7-8-20)12-9(11(17)21)4-5-10(18-12)13(14,15)16/h4-5,20H,2-3,6-8H2,1H3,(H2,17,21). The van der Waals surface area contributed by atoms with Crippen LogP contribution in [0.2, 0.25) is 0 Å². The minimum atomic E-state index is -4.61. The number of aliphatic hydroxyl groups is 1. The van der Waals surface area contributed by atoms with Gasteiger partial charge in [0.25, 0.3) is 5.91 Å². The summed E-state index contributed by atoms with van der Waals surface area (Å²) in [4.78, 5) is 16.3. The monoisotopic (exact) mass is 305 g/mol. The van der Waals surface area contributed by atoms with E-state index in [9.17, 15) is 18.0 Å². The Hall–Kier alpha value is -1.83. The van der Waals surface area contributed by atoms with Crippen LogP contribution in [0.3, 0.4) is 0 Å². The van der Waals surface area contributed by atoms with Gasteiger partial charge in [-0.25, -0.2) is 4.98 Å². The molecule has 0 unspecified atom stereocenters. The van der Waals surface area contributed by atoms with Crippen molar-refractivity contribution in [3.05, 3.63) is 23.4 Å². The van der Waals surface area contributed by atoms with Crippen molar-refractivity contribution in [3.63, 3.8) is 0 Å². The molecule has 8 heteroatoms. The average molecular weight is 305 g/mol. The van der Waals surface area contributed by atoms with E-state index in [1.165, 1.54) is 4.90 Å². The number of aliphatic hydroxyl groups excluding tert-OH is 1. The molecule has 5 nitrogen and oxygen atoms in total. The van der Waals surface area contributed by atoms with Crippen LogP contribution in [-0.2, 0) is 6.18 Å². The highest BCUT2D eigenvalue weighted by molar-refractivity contribution is 5.97. The third kappa shape index (κ3) is 4.59. The van der Waals surface area contributed by atoms with Crippen LogP contribution >= 0.6 is 0 Å². The Bertz CT molecular complexity index is 492. The van der Waals surface area contributed by atoms with Crippen molar-refractivity contribution in [2.75, 3.05) is 24.6 Å². The predicted molar refractivity (Wildman–Crippen MR) is 72.0 cm³/mol. The molecule has 0 aromatic carbocycles. The second-order valence-electron chi connectivity index (χ2n) is 4.49. The fourth-order valence-corrected chi connectivity index (χ4v) is 1.83. The first kappa shape index (κ1) is 17.2. The van der Waals surface area contributed by atoms with Gasteiger partial charge in [-0.3, -0.25) is 4.79 Å². The maximum absolute atomic E-state index is 12.8. The van der Waals surface area contributed by atoms with Gasteiger partial charge >= 0.3 is 6.18 Å². The summed E-state index contributed by atoms with van der Waals surface area (Å²) in [7, 11) is 0. The van der Waals surface area contributed by atoms with Crippen LogP contribution < -0.4 is 10.6 Å². The normalized spacial score (nSPS) is 11.5. The molecule has 0 fully saturated rings. The van der Waals surface area contributed by atoms with Crippen LogP contribution in [0.5, 0.6) is 0 Å². The molecule has 0 saturated heterocycles. The molecule has 21 heavy (non-hydrogen) atoms. The molecule has 1 amide bonds. The number of amides is 1. The van der Waals surface area contributed by atoms with E-state index in [0.29, 0.717) is 13.0 Å². The van der Waals surface area contributed by atoms with E-state index < -0.39 is 17.8 Å². The number of nitrogens with two attached hydrogens (primary N) is 1. The molecule has 0 spiro atoms. The summed E-state index contributed by atoms with van der Waals surface area (Å²) in [6.07, 6.45) is -3.11. The van der Waals surface area contributed by atoms with Gasteiger partial charge in [0.2, 0.25) is 0 Å². The highest BCUT2D eigenvalue weighted by Crippen LogP contribution is 2.30. The summed E-state index contributed by atoms with van der Waals surface area (Å²) < 4.78 is 38.3. The minimum Gasteiger partial charge on any atom is -0.395 e. The smallest absolute Gasteiger partial charge is 0.395 e. The Balaban J connectivity index is 3.28. The van der Waals surface area contributed by atoms with Crippen LogP contribution in [0.15, 0.2) is 12.1 Å². The highest BCUT2D eigenvalue weighted by atomic mass is 19.4. The van der Waals surface area contributed by atoms with Crippen molar-refractivity contribution in [2.45, 2.75) is 25.9 Å². The maximum atomic E-state index is 12.8. The molecular formula is C13H18F3N3O2. The number of carbonyl (C=O) groups excluding carboxylic acids is 1. The Morgan fingerprint density at radius 3 is 2.52 bits per heavy atom. The first-order chi connectivity index (χ1) is 9.81. The molecule has 0 bridgehead atoms. The van der Waals surface area contributed by atoms with Gasteiger partial charge in [-0.2, -0.15) is 13.2 Å². The summed E-state index contributed by atoms with van der Waals surface area (Å²) in [5, 5.41) is 9.05. The van der Waals surface area contributed by atoms with Crippen LogP contribution in [0, 0.1) is 0 Å². The summed E-state index contributed by atoms with van der Waals surface area (Å²) in [6.45, 7) is 2.12. The van der Waals surface area contributed by atoms with E-state index in [0.717, 1.165) is 18.6 Å². The van der Waals surface area contributed by atoms with Gasteiger partial charge in [-0.15, -0.1) is 0 Å². The van der Waals surface area contributed by atoms with E-state index in [4.69, 9.17) is 10.8 Å². The van der Waals surface area contributed by atoms with Gasteiger partial charge in [0, 0.05) is 13.1 Å². The molecule has 0 atom stereocenters. The molecule has 0 aliphatic carbocycles. The highest BCUT2D eigenvalue weighted by Gasteiger charge is 2.34. The average Bonchev–Trinajstić information content (AvgIpc) is 2.41. The number of carbonyl (C=O) groups is 1. The number of alkyl halides is 3. The van der Waals surface area contributed by atoms with E-state index in [1.807, 2.05) is 6.92 Å². The molecule has 1 heterocycles. The summed E-state index contributed by atoms with van der Waals surface area (Å²) in [5.41, 5.74) is 4.00. The van der Waals surface area contributed by atoms with Crippen LogP contribution in [-0.4, -0.2) is 35.7 Å². The molecular weight excluding hydrogens is 287 g/mol. The molecule has 1 aromatic heterocycles. The predicted octanol–water partition coefficient (Wildman–Crippen LogP) is 1.80. The maximum Gasteiger partial charge on any atom is 0.433 e. The molecule has 0 radical (unpaired) electrons. The second-order valence-corrected chi connectivity index (χ2v) is 4.49. The number of unbranched alkanes of at least 4 members (excludes halogenated alkanes) is 1. The minimum absolute atomic E-state index is 0.0780. The molecule has 1 aromatic rings. The Morgan fingerprint density at radius 2 is 2.05 bits per heavy atom. The largest absolute Gasteiger partial charge is 0.433 e. The van der Waals surface area contributed by atoms with Gasteiger partial charge < -0.3 is 15.7 Å². The van der Waals surface area contributed by atoms with Crippen molar-refractivity contribution in [3.8, 4) is 0 Å². The quantitative estimate of drug-likeness (QED) is 0.805. The molecule has 0 aliphatic heterocycles. The number of primary amides is 1. The zero-order valence-electron chi connectivity index (χ0n) is 11.7. The number of hydrogen-bond acceptors (Lipinski definition) is 4. The molecule has 3 N–H and O–H groups in total. The van der Waals surface area contributed by atoms with E-state index >= 15 is 0 Å². The van der Waals surface area contributed by atoms with Crippen LogP contribution in [0.1, 0.15) is 35.8 Å². The third-order valence-electron chi connectivity index (χ3n) is 2.88. The number of anilines is 1. The lowest BCUT2D eigenvalue weighted by Crippen LogP contribution is -2.32. The number of pyridine rings is 1. The van der Waals surface area contributed by atoms with Crippen molar-refractivity contribution in [2.24, 2.45) is 5.73 Å². The Labute approximate surface area is 120 Å². The van der Waals surface area contributed by atoms with Crippen molar-refractivity contribution in [1.82, 2.24) is 4.98 Å². The Morgan fingerprint density at radius 1 is 1.38 bits per heavy atom. The van der Waals surface area contributed by atoms with Gasteiger partial charge in [0.05, 0.1) is 12.2 Å². The lowest BCUT2D eigenvalue weighted by atomic mass is 10.2.